The van der Waals surface area contributed by atoms with Crippen molar-refractivity contribution < 1.29 is 39.8 Å². The van der Waals surface area contributed by atoms with Gasteiger partial charge in [-0.15, -0.1) is 0 Å². The van der Waals surface area contributed by atoms with Crippen molar-refractivity contribution in [3.63, 3.8) is 0 Å². The van der Waals surface area contributed by atoms with Gasteiger partial charge in [0.25, 0.3) is 0 Å². The first kappa shape index (κ1) is 63.7. The number of unbranched alkanes of at least 4 members (excludes halogenated alkanes) is 38. The number of allylic oxidation sites excluding steroid dienone is 3. The molecule has 0 aromatic heterocycles. The quantitative estimate of drug-likeness (QED) is 0.0261. The molecule has 0 aromatic rings. The predicted molar refractivity (Wildman–Crippen MR) is 281 cm³/mol. The van der Waals surface area contributed by atoms with Crippen LogP contribution in [0.1, 0.15) is 284 Å². The van der Waals surface area contributed by atoms with E-state index in [1.807, 2.05) is 6.08 Å². The zero-order valence-corrected chi connectivity index (χ0v) is 43.9. The van der Waals surface area contributed by atoms with Crippen LogP contribution in [0.3, 0.4) is 0 Å². The van der Waals surface area contributed by atoms with Crippen molar-refractivity contribution in [1.82, 2.24) is 5.32 Å². The van der Waals surface area contributed by atoms with Gasteiger partial charge in [-0.05, 0) is 44.9 Å². The summed E-state index contributed by atoms with van der Waals surface area (Å²) in [5.41, 5.74) is 0. The normalized spacial score (nSPS) is 19.8. The van der Waals surface area contributed by atoms with Crippen LogP contribution in [0.15, 0.2) is 24.3 Å². The summed E-state index contributed by atoms with van der Waals surface area (Å²) in [6, 6.07) is -0.808. The van der Waals surface area contributed by atoms with Crippen LogP contribution in [-0.2, 0) is 14.3 Å². The van der Waals surface area contributed by atoms with Crippen LogP contribution >= 0.6 is 0 Å². The van der Waals surface area contributed by atoms with Crippen LogP contribution in [-0.4, -0.2) is 87.5 Å². The monoisotopic (exact) mass is 950 g/mol. The lowest BCUT2D eigenvalue weighted by Gasteiger charge is -2.40. The lowest BCUT2D eigenvalue weighted by Crippen LogP contribution is -2.60. The number of hydrogen-bond donors (Lipinski definition) is 6. The maximum absolute atomic E-state index is 13.0. The molecular weight excluding hydrogens is 839 g/mol. The number of nitrogens with one attached hydrogen (secondary N) is 1. The molecule has 9 heteroatoms. The van der Waals surface area contributed by atoms with Gasteiger partial charge in [0.15, 0.2) is 6.29 Å². The molecular formula is C58H111NO8. The Morgan fingerprint density at radius 2 is 0.836 bits per heavy atom. The van der Waals surface area contributed by atoms with E-state index in [9.17, 15) is 30.3 Å². The number of rotatable bonds is 50. The third-order valence-electron chi connectivity index (χ3n) is 14.0. The van der Waals surface area contributed by atoms with E-state index in [1.54, 1.807) is 6.08 Å². The Balaban J connectivity index is 2.20. The molecule has 1 fully saturated rings. The van der Waals surface area contributed by atoms with Gasteiger partial charge in [0.05, 0.1) is 25.4 Å². The van der Waals surface area contributed by atoms with Gasteiger partial charge < -0.3 is 40.3 Å². The summed E-state index contributed by atoms with van der Waals surface area (Å²) in [4.78, 5) is 13.0. The summed E-state index contributed by atoms with van der Waals surface area (Å²) < 4.78 is 11.3. The Labute approximate surface area is 413 Å². The lowest BCUT2D eigenvalue weighted by atomic mass is 9.99. The van der Waals surface area contributed by atoms with Crippen LogP contribution in [0.2, 0.25) is 0 Å². The minimum Gasteiger partial charge on any atom is -0.394 e. The fourth-order valence-electron chi connectivity index (χ4n) is 9.39. The van der Waals surface area contributed by atoms with E-state index >= 15 is 0 Å². The number of aliphatic hydroxyl groups excluding tert-OH is 5. The highest BCUT2D eigenvalue weighted by molar-refractivity contribution is 5.76. The fraction of sp³-hybridized carbons (Fsp3) is 0.914. The fourth-order valence-corrected chi connectivity index (χ4v) is 9.39. The van der Waals surface area contributed by atoms with Crippen LogP contribution < -0.4 is 5.32 Å². The third kappa shape index (κ3) is 38.1. The summed E-state index contributed by atoms with van der Waals surface area (Å²) >= 11 is 0. The Morgan fingerprint density at radius 1 is 0.493 bits per heavy atom. The average Bonchev–Trinajstić information content (AvgIpc) is 3.33. The molecule has 1 amide bonds. The average molecular weight is 951 g/mol. The first-order valence-corrected chi connectivity index (χ1v) is 29.1. The Morgan fingerprint density at radius 3 is 1.21 bits per heavy atom. The minimum atomic E-state index is -1.57. The van der Waals surface area contributed by atoms with Gasteiger partial charge in [0, 0.05) is 6.42 Å². The molecule has 1 saturated heterocycles. The minimum absolute atomic E-state index is 0.182. The zero-order valence-electron chi connectivity index (χ0n) is 43.9. The second kappa shape index (κ2) is 48.3. The molecule has 0 bridgehead atoms. The van der Waals surface area contributed by atoms with Crippen LogP contribution in [0.5, 0.6) is 0 Å². The molecule has 1 rings (SSSR count). The van der Waals surface area contributed by atoms with Gasteiger partial charge in [-0.3, -0.25) is 4.79 Å². The van der Waals surface area contributed by atoms with Gasteiger partial charge in [0.2, 0.25) is 5.91 Å². The highest BCUT2D eigenvalue weighted by Crippen LogP contribution is 2.23. The Hall–Kier alpha value is -1.33. The standard InChI is InChI=1S/C58H111NO8/c1-3-5-7-9-11-13-15-17-19-21-22-23-24-25-26-27-28-29-30-31-32-33-35-37-39-41-43-45-47-52(61)51(50-66-58-57(65)56(64)55(63)53(49-60)67-58)59-54(62)48-46-44-42-40-38-36-34-20-18-16-14-12-10-8-6-4-2/h20,34,45,47,51-53,55-58,60-61,63-65H,3-19,21-33,35-44,46,48-50H2,1-2H3,(H,59,62)/b34-20-,47-45+. The molecule has 6 N–H and O–H groups in total. The molecule has 0 spiro atoms. The molecule has 1 aliphatic rings. The molecule has 0 aromatic carbocycles. The summed E-state index contributed by atoms with van der Waals surface area (Å²) in [6.45, 7) is 3.80. The van der Waals surface area contributed by atoms with E-state index in [1.165, 1.54) is 205 Å². The first-order valence-electron chi connectivity index (χ1n) is 29.1. The van der Waals surface area contributed by atoms with E-state index in [2.05, 4.69) is 31.3 Å². The van der Waals surface area contributed by atoms with E-state index in [0.29, 0.717) is 6.42 Å². The smallest absolute Gasteiger partial charge is 0.220 e. The maximum Gasteiger partial charge on any atom is 0.220 e. The molecule has 67 heavy (non-hydrogen) atoms. The van der Waals surface area contributed by atoms with Crippen LogP contribution in [0.4, 0.5) is 0 Å². The molecule has 0 saturated carbocycles. The molecule has 0 radical (unpaired) electrons. The van der Waals surface area contributed by atoms with Crippen molar-refractivity contribution in [3.8, 4) is 0 Å². The van der Waals surface area contributed by atoms with Crippen molar-refractivity contribution in [3.05, 3.63) is 24.3 Å². The van der Waals surface area contributed by atoms with E-state index in [-0.39, 0.29) is 12.5 Å². The van der Waals surface area contributed by atoms with E-state index in [4.69, 9.17) is 9.47 Å². The number of ether oxygens (including phenoxy) is 2. The predicted octanol–water partition coefficient (Wildman–Crippen LogP) is 14.2. The number of hydrogen-bond acceptors (Lipinski definition) is 8. The summed E-state index contributed by atoms with van der Waals surface area (Å²) in [6.07, 6.45) is 53.9. The molecule has 0 aliphatic carbocycles. The third-order valence-corrected chi connectivity index (χ3v) is 14.0. The van der Waals surface area contributed by atoms with Crippen LogP contribution in [0, 0.1) is 0 Å². The molecule has 396 valence electrons. The second-order valence-corrected chi connectivity index (χ2v) is 20.4. The lowest BCUT2D eigenvalue weighted by molar-refractivity contribution is -0.302. The van der Waals surface area contributed by atoms with Gasteiger partial charge in [0.1, 0.15) is 24.4 Å². The SMILES string of the molecule is CCCCCCCCC/C=C\CCCCCCCC(=O)NC(COC1OC(CO)C(O)C(O)C1O)C(O)/C=C/CCCCCCCCCCCCCCCCCCCCCCCCCCCC. The number of aliphatic hydroxyl groups is 5. The molecule has 7 atom stereocenters. The summed E-state index contributed by atoms with van der Waals surface area (Å²) in [5.74, 6) is -0.182. The first-order chi connectivity index (χ1) is 32.8. The van der Waals surface area contributed by atoms with Crippen molar-refractivity contribution in [2.75, 3.05) is 13.2 Å². The largest absolute Gasteiger partial charge is 0.394 e. The number of amides is 1. The Kier molecular flexibility index (Phi) is 45.9. The number of carbonyl (C=O) groups is 1. The van der Waals surface area contributed by atoms with Crippen molar-refractivity contribution in [1.29, 1.82) is 0 Å². The molecule has 1 heterocycles. The van der Waals surface area contributed by atoms with Crippen molar-refractivity contribution in [2.24, 2.45) is 0 Å². The van der Waals surface area contributed by atoms with Crippen molar-refractivity contribution >= 4 is 5.91 Å². The second-order valence-electron chi connectivity index (χ2n) is 20.4. The topological polar surface area (TPSA) is 149 Å². The summed E-state index contributed by atoms with van der Waals surface area (Å²) in [5, 5.41) is 54.5. The zero-order chi connectivity index (χ0) is 48.7. The van der Waals surface area contributed by atoms with Gasteiger partial charge >= 0.3 is 0 Å². The van der Waals surface area contributed by atoms with E-state index in [0.717, 1.165) is 57.8 Å². The van der Waals surface area contributed by atoms with Crippen molar-refractivity contribution in [2.45, 2.75) is 326 Å². The van der Waals surface area contributed by atoms with E-state index < -0.39 is 49.5 Å². The van der Waals surface area contributed by atoms with Gasteiger partial charge in [-0.2, -0.15) is 0 Å². The maximum atomic E-state index is 13.0. The number of carbonyl (C=O) groups excluding carboxylic acids is 1. The van der Waals surface area contributed by atoms with Gasteiger partial charge in [-0.25, -0.2) is 0 Å². The molecule has 1 aliphatic heterocycles. The summed E-state index contributed by atoms with van der Waals surface area (Å²) in [7, 11) is 0. The highest BCUT2D eigenvalue weighted by atomic mass is 16.7. The molecule has 7 unspecified atom stereocenters. The highest BCUT2D eigenvalue weighted by Gasteiger charge is 2.44. The van der Waals surface area contributed by atoms with Gasteiger partial charge in [-0.1, -0.05) is 256 Å². The van der Waals surface area contributed by atoms with Crippen LogP contribution in [0.25, 0.3) is 0 Å². The Bertz CT molecular complexity index is 1100. The molecule has 9 nitrogen and oxygen atoms in total.